The highest BCUT2D eigenvalue weighted by atomic mass is 16.3. The topological polar surface area (TPSA) is 57.0 Å². The Morgan fingerprint density at radius 3 is 1.95 bits per heavy atom. The monoisotopic (exact) mass is 703 g/mol. The van der Waals surface area contributed by atoms with Crippen molar-refractivity contribution in [2.24, 2.45) is 0 Å². The number of nitrogens with zero attached hydrogens (tertiary/aromatic N) is 3. The van der Waals surface area contributed by atoms with Gasteiger partial charge in [-0.1, -0.05) is 121 Å². The Hall–Kier alpha value is -7.50. The van der Waals surface area contributed by atoms with E-state index in [9.17, 15) is 0 Å². The second kappa shape index (κ2) is 11.5. The Bertz CT molecular complexity index is 3500. The maximum absolute atomic E-state index is 6.66. The first kappa shape index (κ1) is 30.0. The molecule has 0 unspecified atom stereocenters. The molecule has 0 aliphatic carbocycles. The van der Waals surface area contributed by atoms with Crippen LogP contribution in [-0.2, 0) is 0 Å². The molecule has 0 saturated carbocycles. The van der Waals surface area contributed by atoms with Gasteiger partial charge in [-0.05, 0) is 70.4 Å². The normalized spacial score (nSPS) is 12.0. The molecule has 0 saturated heterocycles. The van der Waals surface area contributed by atoms with Gasteiger partial charge in [0.1, 0.15) is 28.0 Å². The van der Waals surface area contributed by atoms with E-state index < -0.39 is 0 Å². The summed E-state index contributed by atoms with van der Waals surface area (Å²) in [6, 6.07) is 61.5. The summed E-state index contributed by atoms with van der Waals surface area (Å²) in [6.07, 6.45) is 0. The van der Waals surface area contributed by atoms with E-state index in [0.29, 0.717) is 11.4 Å². The fraction of sp³-hybridized carbons (Fsp3) is 0. The molecule has 12 aromatic rings. The molecule has 0 fully saturated rings. The van der Waals surface area contributed by atoms with Gasteiger partial charge < -0.3 is 13.4 Å². The molecule has 0 spiro atoms. The van der Waals surface area contributed by atoms with Crippen LogP contribution in [0.25, 0.3) is 116 Å². The Balaban J connectivity index is 1.12. The molecule has 256 valence electrons. The molecule has 8 aromatic carbocycles. The van der Waals surface area contributed by atoms with E-state index in [1.54, 1.807) is 0 Å². The zero-order valence-corrected chi connectivity index (χ0v) is 29.4. The van der Waals surface area contributed by atoms with E-state index in [2.05, 4.69) is 132 Å². The summed E-state index contributed by atoms with van der Waals surface area (Å²) in [6.45, 7) is 0. The maximum Gasteiger partial charge on any atom is 0.180 e. The van der Waals surface area contributed by atoms with Crippen molar-refractivity contribution in [1.82, 2.24) is 14.5 Å². The van der Waals surface area contributed by atoms with Crippen LogP contribution in [0.2, 0.25) is 0 Å². The third-order valence-electron chi connectivity index (χ3n) is 11.0. The van der Waals surface area contributed by atoms with Gasteiger partial charge in [0.25, 0.3) is 0 Å². The Morgan fingerprint density at radius 2 is 1.09 bits per heavy atom. The molecule has 0 aliphatic rings. The Morgan fingerprint density at radius 1 is 0.418 bits per heavy atom. The quantitative estimate of drug-likeness (QED) is 0.183. The first-order chi connectivity index (χ1) is 27.2. The summed E-state index contributed by atoms with van der Waals surface area (Å²) < 4.78 is 15.4. The van der Waals surface area contributed by atoms with E-state index in [0.717, 1.165) is 83.1 Å². The van der Waals surface area contributed by atoms with E-state index in [-0.39, 0.29) is 0 Å². The van der Waals surface area contributed by atoms with Crippen LogP contribution >= 0.6 is 0 Å². The van der Waals surface area contributed by atoms with Crippen molar-refractivity contribution in [3.8, 4) is 39.5 Å². The molecule has 5 nitrogen and oxygen atoms in total. The van der Waals surface area contributed by atoms with Crippen molar-refractivity contribution < 1.29 is 8.83 Å². The maximum atomic E-state index is 6.66. The van der Waals surface area contributed by atoms with Crippen LogP contribution in [0.1, 0.15) is 0 Å². The molecule has 0 amide bonds. The van der Waals surface area contributed by atoms with E-state index in [1.165, 1.54) is 21.5 Å². The third kappa shape index (κ3) is 4.53. The minimum Gasteiger partial charge on any atom is -0.456 e. The molecule has 0 atom stereocenters. The van der Waals surface area contributed by atoms with Crippen LogP contribution in [-0.4, -0.2) is 14.5 Å². The van der Waals surface area contributed by atoms with Crippen molar-refractivity contribution in [2.45, 2.75) is 0 Å². The minimum absolute atomic E-state index is 0.637. The number of benzene rings is 8. The molecule has 0 N–H and O–H groups in total. The standard InChI is InChI=1S/C50H29N3O2/c1-2-13-30(14-3-1)47-49-48(38-21-8-11-24-44(38)55-49)52-50(51-47)34-18-12-17-33(25-34)39-28-35(29-45-46(39)37-20-7-10-23-43(37)54-45)53-41-22-9-6-19-36(41)40-26-31-15-4-5-16-32(31)27-42(40)53/h1-29H. The lowest BCUT2D eigenvalue weighted by molar-refractivity contribution is 0.667. The van der Waals surface area contributed by atoms with Gasteiger partial charge in [0, 0.05) is 44.1 Å². The number of rotatable bonds is 4. The molecule has 4 aromatic heterocycles. The largest absolute Gasteiger partial charge is 0.456 e. The summed E-state index contributed by atoms with van der Waals surface area (Å²) in [5.74, 6) is 0.637. The number of hydrogen-bond acceptors (Lipinski definition) is 4. The summed E-state index contributed by atoms with van der Waals surface area (Å²) in [4.78, 5) is 10.4. The molecular weight excluding hydrogens is 675 g/mol. The Labute approximate surface area is 314 Å². The summed E-state index contributed by atoms with van der Waals surface area (Å²) >= 11 is 0. The molecule has 0 radical (unpaired) electrons. The second-order valence-corrected chi connectivity index (χ2v) is 14.2. The molecule has 12 rings (SSSR count). The predicted octanol–water partition coefficient (Wildman–Crippen LogP) is 13.5. The van der Waals surface area contributed by atoms with Crippen LogP contribution in [0.5, 0.6) is 0 Å². The highest BCUT2D eigenvalue weighted by Gasteiger charge is 2.21. The smallest absolute Gasteiger partial charge is 0.180 e. The van der Waals surface area contributed by atoms with Gasteiger partial charge in [-0.15, -0.1) is 0 Å². The van der Waals surface area contributed by atoms with Crippen molar-refractivity contribution in [1.29, 1.82) is 0 Å². The Kier molecular flexibility index (Phi) is 6.27. The third-order valence-corrected chi connectivity index (χ3v) is 11.0. The zero-order chi connectivity index (χ0) is 36.0. The fourth-order valence-corrected chi connectivity index (χ4v) is 8.47. The van der Waals surface area contributed by atoms with Gasteiger partial charge >= 0.3 is 0 Å². The SMILES string of the molecule is c1ccc(-c2nc(-c3cccc(-c4cc(-n5c6ccccc6c6cc7ccccc7cc65)cc5oc6ccccc6c45)c3)nc3c2oc2ccccc23)cc1. The number of aromatic nitrogens is 3. The first-order valence-electron chi connectivity index (χ1n) is 18.5. The molecular formula is C50H29N3O2. The highest BCUT2D eigenvalue weighted by molar-refractivity contribution is 6.16. The van der Waals surface area contributed by atoms with Crippen molar-refractivity contribution in [3.05, 3.63) is 176 Å². The number of para-hydroxylation sites is 3. The molecule has 5 heteroatoms. The average Bonchev–Trinajstić information content (AvgIpc) is 3.92. The average molecular weight is 704 g/mol. The fourth-order valence-electron chi connectivity index (χ4n) is 8.47. The van der Waals surface area contributed by atoms with Crippen molar-refractivity contribution in [3.63, 3.8) is 0 Å². The van der Waals surface area contributed by atoms with Crippen LogP contribution < -0.4 is 0 Å². The zero-order valence-electron chi connectivity index (χ0n) is 29.4. The van der Waals surface area contributed by atoms with Crippen LogP contribution in [0, 0.1) is 0 Å². The number of hydrogen-bond donors (Lipinski definition) is 0. The van der Waals surface area contributed by atoms with Gasteiger partial charge in [0.2, 0.25) is 0 Å². The number of fused-ring (bicyclic) bond motifs is 10. The van der Waals surface area contributed by atoms with Crippen LogP contribution in [0.4, 0.5) is 0 Å². The summed E-state index contributed by atoms with van der Waals surface area (Å²) in [5.41, 5.74) is 12.1. The van der Waals surface area contributed by atoms with Gasteiger partial charge in [-0.2, -0.15) is 0 Å². The molecule has 4 heterocycles. The summed E-state index contributed by atoms with van der Waals surface area (Å²) in [5, 5.41) is 7.97. The van der Waals surface area contributed by atoms with E-state index in [1.807, 2.05) is 48.5 Å². The van der Waals surface area contributed by atoms with Gasteiger partial charge in [-0.25, -0.2) is 9.97 Å². The second-order valence-electron chi connectivity index (χ2n) is 14.2. The van der Waals surface area contributed by atoms with Crippen LogP contribution in [0.3, 0.4) is 0 Å². The molecule has 0 aliphatic heterocycles. The van der Waals surface area contributed by atoms with Gasteiger partial charge in [0.15, 0.2) is 11.4 Å². The van der Waals surface area contributed by atoms with Crippen molar-refractivity contribution >= 4 is 76.6 Å². The predicted molar refractivity (Wildman–Crippen MR) is 225 cm³/mol. The molecule has 0 bridgehead atoms. The lowest BCUT2D eigenvalue weighted by Gasteiger charge is -2.13. The highest BCUT2D eigenvalue weighted by Crippen LogP contribution is 2.43. The van der Waals surface area contributed by atoms with Gasteiger partial charge in [0.05, 0.1) is 16.7 Å². The lowest BCUT2D eigenvalue weighted by atomic mass is 9.96. The number of furan rings is 2. The molecule has 55 heavy (non-hydrogen) atoms. The lowest BCUT2D eigenvalue weighted by Crippen LogP contribution is -1.96. The summed E-state index contributed by atoms with van der Waals surface area (Å²) in [7, 11) is 0. The minimum atomic E-state index is 0.637. The van der Waals surface area contributed by atoms with Gasteiger partial charge in [-0.3, -0.25) is 0 Å². The van der Waals surface area contributed by atoms with E-state index in [4.69, 9.17) is 18.8 Å². The van der Waals surface area contributed by atoms with Crippen molar-refractivity contribution in [2.75, 3.05) is 0 Å². The van der Waals surface area contributed by atoms with Crippen LogP contribution in [0.15, 0.2) is 185 Å². The first-order valence-corrected chi connectivity index (χ1v) is 18.5. The van der Waals surface area contributed by atoms with E-state index >= 15 is 0 Å².